The van der Waals surface area contributed by atoms with E-state index >= 15 is 0 Å². The molecule has 0 saturated heterocycles. The molecule has 0 bridgehead atoms. The van der Waals surface area contributed by atoms with Crippen LogP contribution in [0.1, 0.15) is 69.5 Å². The number of aryl methyl sites for hydroxylation is 1. The topological polar surface area (TPSA) is 4.93 Å². The fourth-order valence-corrected chi connectivity index (χ4v) is 9.58. The Labute approximate surface area is 380 Å². The molecule has 0 radical (unpaired) electrons. The first-order chi connectivity index (χ1) is 31.3. The summed E-state index contributed by atoms with van der Waals surface area (Å²) >= 11 is 0. The third kappa shape index (κ3) is 7.88. The van der Waals surface area contributed by atoms with E-state index in [0.29, 0.717) is 0 Å². The second-order valence-corrected chi connectivity index (χ2v) is 17.7. The van der Waals surface area contributed by atoms with Gasteiger partial charge in [0, 0.05) is 16.6 Å². The molecule has 9 aromatic carbocycles. The predicted molar refractivity (Wildman–Crippen MR) is 279 cm³/mol. The van der Waals surface area contributed by atoms with Crippen LogP contribution >= 0.6 is 0 Å². The molecule has 1 nitrogen and oxygen atoms in total. The van der Waals surface area contributed by atoms with E-state index in [-0.39, 0.29) is 5.41 Å². The summed E-state index contributed by atoms with van der Waals surface area (Å²) in [5, 5.41) is 6.35. The van der Waals surface area contributed by atoms with Crippen LogP contribution in [0, 0.1) is 6.92 Å². The van der Waals surface area contributed by atoms with Crippen LogP contribution in [-0.2, 0) is 11.8 Å². The number of rotatable bonds is 5. The molecular weight excluding hydrogens is 771 g/mol. The SMILES string of the molecule is C/C=C\c1c(-c2cccc(-c3cccc4c3Cc3ccccc3-4)c2)c2cc(C(C)(C)C)ccc2n1-c1ccc(-c2c3ccccc3cc3ccccc23)cc1.CC.Cc1ccccc1. The van der Waals surface area contributed by atoms with Gasteiger partial charge in [-0.2, -0.15) is 0 Å². The number of allylic oxidation sites excluding steroid dienone is 1. The van der Waals surface area contributed by atoms with Crippen molar-refractivity contribution in [2.45, 2.75) is 60.3 Å². The maximum Gasteiger partial charge on any atom is 0.0543 e. The van der Waals surface area contributed by atoms with E-state index in [1.54, 1.807) is 0 Å². The van der Waals surface area contributed by atoms with Crippen molar-refractivity contribution in [2.24, 2.45) is 0 Å². The minimum absolute atomic E-state index is 0.0125. The standard InChI is InChI=1S/C54H43N.C7H8.C2H6/c1-5-14-51-53(40-19-12-18-36(32-40)44-23-13-24-47-43-20-9-6-17-39(43)33-48(44)47)49-34-41(54(2,3)4)27-30-50(49)55(51)42-28-25-35(26-29-42)52-45-21-10-7-15-37(45)31-38-16-8-11-22-46(38)52;1-7-5-3-2-4-6-7;1-2/h5-32,34H,33H2,1-4H3;2-6H,1H3;1-2H3/b14-5-;;. The molecule has 0 N–H and O–H groups in total. The van der Waals surface area contributed by atoms with Gasteiger partial charge >= 0.3 is 0 Å². The average Bonchev–Trinajstić information content (AvgIpc) is 3.87. The largest absolute Gasteiger partial charge is 0.309 e. The molecule has 0 saturated carbocycles. The number of hydrogen-bond donors (Lipinski definition) is 0. The third-order valence-electron chi connectivity index (χ3n) is 12.6. The van der Waals surface area contributed by atoms with Gasteiger partial charge in [-0.15, -0.1) is 0 Å². The highest BCUT2D eigenvalue weighted by molar-refractivity contribution is 6.12. The number of benzene rings is 9. The van der Waals surface area contributed by atoms with E-state index in [1.165, 1.54) is 105 Å². The maximum absolute atomic E-state index is 2.46. The first-order valence-corrected chi connectivity index (χ1v) is 22.9. The summed E-state index contributed by atoms with van der Waals surface area (Å²) in [6.45, 7) is 15.1. The second kappa shape index (κ2) is 17.9. The van der Waals surface area contributed by atoms with Crippen molar-refractivity contribution in [1.29, 1.82) is 0 Å². The fraction of sp³-hybridized carbons (Fsp3) is 0.143. The Morgan fingerprint density at radius 3 is 1.77 bits per heavy atom. The summed E-state index contributed by atoms with van der Waals surface area (Å²) in [5.41, 5.74) is 19.4. The minimum Gasteiger partial charge on any atom is -0.309 e. The molecule has 1 aliphatic carbocycles. The monoisotopic (exact) mass is 827 g/mol. The lowest BCUT2D eigenvalue weighted by atomic mass is 9.85. The Hall–Kier alpha value is -7.22. The van der Waals surface area contributed by atoms with E-state index in [0.717, 1.165) is 12.1 Å². The zero-order chi connectivity index (χ0) is 44.4. The predicted octanol–water partition coefficient (Wildman–Crippen LogP) is 17.9. The lowest BCUT2D eigenvalue weighted by Crippen LogP contribution is -2.10. The van der Waals surface area contributed by atoms with Crippen LogP contribution in [0.2, 0.25) is 0 Å². The maximum atomic E-state index is 2.46. The van der Waals surface area contributed by atoms with Gasteiger partial charge in [-0.3, -0.25) is 0 Å². The summed E-state index contributed by atoms with van der Waals surface area (Å²) < 4.78 is 2.46. The number of fused-ring (bicyclic) bond motifs is 6. The van der Waals surface area contributed by atoms with Gasteiger partial charge in [0.25, 0.3) is 0 Å². The van der Waals surface area contributed by atoms with E-state index in [4.69, 9.17) is 0 Å². The molecule has 0 amide bonds. The van der Waals surface area contributed by atoms with Gasteiger partial charge in [0.05, 0.1) is 11.2 Å². The van der Waals surface area contributed by atoms with Crippen LogP contribution in [0.25, 0.3) is 88.7 Å². The Kier molecular flexibility index (Phi) is 11.8. The lowest BCUT2D eigenvalue weighted by Gasteiger charge is -2.19. The fourth-order valence-electron chi connectivity index (χ4n) is 9.58. The summed E-state index contributed by atoms with van der Waals surface area (Å²) in [6, 6.07) is 71.3. The highest BCUT2D eigenvalue weighted by Gasteiger charge is 2.24. The Morgan fingerprint density at radius 2 is 1.09 bits per heavy atom. The normalized spacial score (nSPS) is 11.9. The van der Waals surface area contributed by atoms with Crippen molar-refractivity contribution >= 4 is 38.5 Å². The Morgan fingerprint density at radius 1 is 0.484 bits per heavy atom. The van der Waals surface area contributed by atoms with E-state index in [9.17, 15) is 0 Å². The van der Waals surface area contributed by atoms with Crippen molar-refractivity contribution in [1.82, 2.24) is 4.57 Å². The van der Waals surface area contributed by atoms with Crippen LogP contribution in [0.4, 0.5) is 0 Å². The zero-order valence-electron chi connectivity index (χ0n) is 38.3. The summed E-state index contributed by atoms with van der Waals surface area (Å²) in [4.78, 5) is 0. The highest BCUT2D eigenvalue weighted by Crippen LogP contribution is 2.45. The van der Waals surface area contributed by atoms with Gasteiger partial charge in [-0.05, 0) is 145 Å². The van der Waals surface area contributed by atoms with E-state index < -0.39 is 0 Å². The van der Waals surface area contributed by atoms with Crippen molar-refractivity contribution < 1.29 is 0 Å². The zero-order valence-corrected chi connectivity index (χ0v) is 38.3. The smallest absolute Gasteiger partial charge is 0.0543 e. The van der Waals surface area contributed by atoms with E-state index in [1.807, 2.05) is 32.0 Å². The molecule has 1 aromatic heterocycles. The first-order valence-electron chi connectivity index (χ1n) is 22.9. The van der Waals surface area contributed by atoms with Gasteiger partial charge in [-0.1, -0.05) is 204 Å². The average molecular weight is 828 g/mol. The lowest BCUT2D eigenvalue weighted by molar-refractivity contribution is 0.591. The summed E-state index contributed by atoms with van der Waals surface area (Å²) in [7, 11) is 0. The summed E-state index contributed by atoms with van der Waals surface area (Å²) in [6.07, 6.45) is 5.44. The Balaban J connectivity index is 0.000000522. The molecule has 0 aliphatic heterocycles. The van der Waals surface area contributed by atoms with E-state index in [2.05, 4.69) is 227 Å². The van der Waals surface area contributed by atoms with Crippen LogP contribution in [-0.4, -0.2) is 4.57 Å². The molecule has 1 heterocycles. The van der Waals surface area contributed by atoms with Crippen molar-refractivity contribution in [2.75, 3.05) is 0 Å². The second-order valence-electron chi connectivity index (χ2n) is 17.7. The number of hydrogen-bond acceptors (Lipinski definition) is 0. The quantitative estimate of drug-likeness (QED) is 0.152. The van der Waals surface area contributed by atoms with Crippen molar-refractivity contribution in [3.05, 3.63) is 228 Å². The van der Waals surface area contributed by atoms with Gasteiger partial charge in [0.2, 0.25) is 0 Å². The van der Waals surface area contributed by atoms with Crippen LogP contribution in [0.15, 0.2) is 200 Å². The van der Waals surface area contributed by atoms with Crippen LogP contribution in [0.3, 0.4) is 0 Å². The molecule has 0 atom stereocenters. The van der Waals surface area contributed by atoms with Crippen molar-refractivity contribution in [3.8, 4) is 50.2 Å². The molecular formula is C63H57N. The molecule has 11 rings (SSSR count). The van der Waals surface area contributed by atoms with Crippen LogP contribution < -0.4 is 0 Å². The molecule has 1 heteroatoms. The number of aromatic nitrogens is 1. The molecule has 314 valence electrons. The third-order valence-corrected chi connectivity index (χ3v) is 12.6. The summed E-state index contributed by atoms with van der Waals surface area (Å²) in [5.74, 6) is 0. The molecule has 10 aromatic rings. The molecule has 0 spiro atoms. The minimum atomic E-state index is 0.0125. The van der Waals surface area contributed by atoms with Crippen LogP contribution in [0.5, 0.6) is 0 Å². The van der Waals surface area contributed by atoms with Crippen molar-refractivity contribution in [3.63, 3.8) is 0 Å². The Bertz CT molecular complexity index is 3240. The molecule has 64 heavy (non-hydrogen) atoms. The molecule has 0 fully saturated rings. The first kappa shape index (κ1) is 42.1. The van der Waals surface area contributed by atoms with Gasteiger partial charge in [-0.25, -0.2) is 0 Å². The molecule has 0 unspecified atom stereocenters. The van der Waals surface area contributed by atoms with Gasteiger partial charge in [0.1, 0.15) is 0 Å². The number of nitrogens with zero attached hydrogens (tertiary/aromatic N) is 1. The highest BCUT2D eigenvalue weighted by atomic mass is 15.0. The van der Waals surface area contributed by atoms with Gasteiger partial charge in [0.15, 0.2) is 0 Å². The van der Waals surface area contributed by atoms with Gasteiger partial charge < -0.3 is 4.57 Å². The molecule has 1 aliphatic rings.